The minimum atomic E-state index is -0.435. The van der Waals surface area contributed by atoms with E-state index in [0.29, 0.717) is 6.54 Å². The van der Waals surface area contributed by atoms with E-state index in [0.717, 1.165) is 10.5 Å². The number of carbonyl (C=O) groups is 1. The number of esters is 1. The van der Waals surface area contributed by atoms with E-state index >= 15 is 0 Å². The van der Waals surface area contributed by atoms with E-state index in [4.69, 9.17) is 4.74 Å². The lowest BCUT2D eigenvalue weighted by molar-refractivity contribution is -0.384. The Balaban J connectivity index is 1.47. The minimum absolute atomic E-state index is 0.0546. The molecule has 7 heteroatoms. The van der Waals surface area contributed by atoms with Crippen molar-refractivity contribution in [2.75, 3.05) is 6.54 Å². The van der Waals surface area contributed by atoms with Crippen molar-refractivity contribution in [1.29, 1.82) is 0 Å². The molecule has 3 rings (SSSR count). The summed E-state index contributed by atoms with van der Waals surface area (Å²) in [5, 5.41) is 10.6. The predicted molar refractivity (Wildman–Crippen MR) is 85.7 cm³/mol. The van der Waals surface area contributed by atoms with E-state index in [-0.39, 0.29) is 24.3 Å². The number of hydrogen-bond donors (Lipinski definition) is 0. The van der Waals surface area contributed by atoms with Crippen LogP contribution in [-0.2, 0) is 16.1 Å². The summed E-state index contributed by atoms with van der Waals surface area (Å²) in [4.78, 5) is 23.0. The Morgan fingerprint density at radius 1 is 1.22 bits per heavy atom. The average molecular weight is 330 g/mol. The molecule has 0 amide bonds. The molecule has 0 aromatic heterocycles. The quantitative estimate of drug-likeness (QED) is 0.266. The summed E-state index contributed by atoms with van der Waals surface area (Å²) in [6.45, 7) is 0.890. The average Bonchev–Trinajstić information content (AvgIpc) is 3.33. The molecule has 1 aliphatic heterocycles. The van der Waals surface area contributed by atoms with Crippen LogP contribution in [0, 0.1) is 10.1 Å². The molecule has 2 atom stereocenters. The second-order valence-corrected chi connectivity index (χ2v) is 6.17. The van der Waals surface area contributed by atoms with E-state index in [1.807, 2.05) is 34.6 Å². The van der Waals surface area contributed by atoms with Crippen molar-refractivity contribution in [1.82, 2.24) is 4.31 Å². The van der Waals surface area contributed by atoms with Gasteiger partial charge in [-0.3, -0.25) is 14.9 Å². The van der Waals surface area contributed by atoms with Crippen molar-refractivity contribution in [3.63, 3.8) is 0 Å². The van der Waals surface area contributed by atoms with Gasteiger partial charge in [0.05, 0.1) is 4.92 Å². The molecule has 2 aromatic carbocycles. The van der Waals surface area contributed by atoms with Crippen molar-refractivity contribution < 1.29 is 14.5 Å². The van der Waals surface area contributed by atoms with E-state index in [9.17, 15) is 14.9 Å². The number of benzene rings is 2. The highest BCUT2D eigenvalue weighted by atomic mass is 32.2. The molecule has 0 bridgehead atoms. The van der Waals surface area contributed by atoms with E-state index < -0.39 is 4.92 Å². The van der Waals surface area contributed by atoms with Gasteiger partial charge < -0.3 is 4.74 Å². The fourth-order valence-electron chi connectivity index (χ4n) is 2.01. The monoisotopic (exact) mass is 330 g/mol. The lowest BCUT2D eigenvalue weighted by atomic mass is 10.2. The molecule has 0 N–H and O–H groups in total. The molecule has 1 heterocycles. The Morgan fingerprint density at radius 3 is 2.57 bits per heavy atom. The van der Waals surface area contributed by atoms with Crippen LogP contribution in [0.1, 0.15) is 5.56 Å². The van der Waals surface area contributed by atoms with Crippen LogP contribution in [-0.4, -0.2) is 27.8 Å². The first kappa shape index (κ1) is 15.5. The molecule has 1 aliphatic rings. The Bertz CT molecular complexity index is 706. The molecule has 1 fully saturated rings. The van der Waals surface area contributed by atoms with Gasteiger partial charge in [0.1, 0.15) is 12.6 Å². The van der Waals surface area contributed by atoms with Crippen LogP contribution < -0.4 is 0 Å². The van der Waals surface area contributed by atoms with Crippen LogP contribution in [0.15, 0.2) is 59.5 Å². The van der Waals surface area contributed by atoms with Crippen LogP contribution in [0.3, 0.4) is 0 Å². The molecule has 0 saturated carbocycles. The van der Waals surface area contributed by atoms with Crippen molar-refractivity contribution in [3.05, 3.63) is 70.3 Å². The summed E-state index contributed by atoms with van der Waals surface area (Å²) >= 11 is 1.40. The highest BCUT2D eigenvalue weighted by molar-refractivity contribution is 7.97. The molecule has 0 aliphatic carbocycles. The molecule has 0 spiro atoms. The summed E-state index contributed by atoms with van der Waals surface area (Å²) in [7, 11) is 0. The Labute approximate surface area is 137 Å². The minimum Gasteiger partial charge on any atom is -0.460 e. The van der Waals surface area contributed by atoms with Gasteiger partial charge in [0.15, 0.2) is 0 Å². The second-order valence-electron chi connectivity index (χ2n) is 5.05. The van der Waals surface area contributed by atoms with Crippen LogP contribution in [0.25, 0.3) is 0 Å². The zero-order chi connectivity index (χ0) is 16.2. The maximum Gasteiger partial charge on any atom is 0.325 e. The lowest BCUT2D eigenvalue weighted by Gasteiger charge is -2.05. The zero-order valence-electron chi connectivity index (χ0n) is 12.1. The van der Waals surface area contributed by atoms with Gasteiger partial charge in [-0.2, -0.15) is 0 Å². The summed E-state index contributed by atoms with van der Waals surface area (Å²) in [6, 6.07) is 15.5. The van der Waals surface area contributed by atoms with Gasteiger partial charge in [0.2, 0.25) is 0 Å². The van der Waals surface area contributed by atoms with Crippen LogP contribution in [0.5, 0.6) is 0 Å². The molecule has 2 aromatic rings. The highest BCUT2D eigenvalue weighted by Crippen LogP contribution is 2.35. The second kappa shape index (κ2) is 6.80. The molecule has 0 radical (unpaired) electrons. The zero-order valence-corrected chi connectivity index (χ0v) is 12.9. The first-order chi connectivity index (χ1) is 11.1. The summed E-state index contributed by atoms with van der Waals surface area (Å²) in [5.74, 6) is -0.247. The fraction of sp³-hybridized carbons (Fsp3) is 0.188. The molecule has 23 heavy (non-hydrogen) atoms. The Morgan fingerprint density at radius 2 is 1.91 bits per heavy atom. The van der Waals surface area contributed by atoms with Crippen molar-refractivity contribution >= 4 is 23.6 Å². The number of nitro groups is 1. The third kappa shape index (κ3) is 4.08. The standard InChI is InChI=1S/C16H14N2O4S/c19-16(22-11-12-4-2-1-3-5-12)15-10-17(15)23-14-8-6-13(7-9-14)18(20)21/h1-9,15H,10-11H2/t15-,17?/m0/s1. The number of ether oxygens (including phenoxy) is 1. The maximum atomic E-state index is 12.0. The number of hydrogen-bond acceptors (Lipinski definition) is 6. The molecule has 1 saturated heterocycles. The lowest BCUT2D eigenvalue weighted by Crippen LogP contribution is -2.14. The molecular weight excluding hydrogens is 316 g/mol. The topological polar surface area (TPSA) is 72.5 Å². The Hall–Kier alpha value is -2.38. The first-order valence-corrected chi connectivity index (χ1v) is 7.80. The maximum absolute atomic E-state index is 12.0. The van der Waals surface area contributed by atoms with Gasteiger partial charge in [0, 0.05) is 23.6 Å². The molecular formula is C16H14N2O4S. The van der Waals surface area contributed by atoms with Crippen LogP contribution in [0.2, 0.25) is 0 Å². The van der Waals surface area contributed by atoms with Gasteiger partial charge in [-0.15, -0.1) is 0 Å². The number of non-ortho nitro benzene ring substituents is 1. The smallest absolute Gasteiger partial charge is 0.325 e. The van der Waals surface area contributed by atoms with E-state index in [1.54, 1.807) is 12.1 Å². The normalized spacial score (nSPS) is 19.1. The van der Waals surface area contributed by atoms with Crippen molar-refractivity contribution in [3.8, 4) is 0 Å². The van der Waals surface area contributed by atoms with E-state index in [2.05, 4.69) is 0 Å². The fourth-order valence-corrected chi connectivity index (χ4v) is 2.96. The summed E-state index contributed by atoms with van der Waals surface area (Å²) in [5.41, 5.74) is 1.01. The van der Waals surface area contributed by atoms with Gasteiger partial charge in [0.25, 0.3) is 5.69 Å². The number of carbonyl (C=O) groups excluding carboxylic acids is 1. The highest BCUT2D eigenvalue weighted by Gasteiger charge is 2.42. The number of nitro benzene ring substituents is 1. The van der Waals surface area contributed by atoms with E-state index in [1.165, 1.54) is 24.1 Å². The van der Waals surface area contributed by atoms with Gasteiger partial charge >= 0.3 is 5.97 Å². The third-order valence-corrected chi connectivity index (χ3v) is 4.45. The number of nitrogens with zero attached hydrogens (tertiary/aromatic N) is 2. The first-order valence-electron chi connectivity index (χ1n) is 7.03. The predicted octanol–water partition coefficient (Wildman–Crippen LogP) is 3.03. The van der Waals surface area contributed by atoms with Gasteiger partial charge in [-0.1, -0.05) is 30.3 Å². The largest absolute Gasteiger partial charge is 0.460 e. The van der Waals surface area contributed by atoms with Gasteiger partial charge in [-0.05, 0) is 29.6 Å². The third-order valence-electron chi connectivity index (χ3n) is 3.33. The number of rotatable bonds is 6. The molecule has 118 valence electrons. The van der Waals surface area contributed by atoms with Crippen LogP contribution in [0.4, 0.5) is 5.69 Å². The van der Waals surface area contributed by atoms with Crippen LogP contribution >= 0.6 is 11.9 Å². The molecule has 1 unspecified atom stereocenters. The SMILES string of the molecule is O=C(OCc1ccccc1)[C@@H]1CN1Sc1ccc([N+](=O)[O-])cc1. The van der Waals surface area contributed by atoms with Crippen molar-refractivity contribution in [2.24, 2.45) is 0 Å². The van der Waals surface area contributed by atoms with Crippen molar-refractivity contribution in [2.45, 2.75) is 17.5 Å². The summed E-state index contributed by atoms with van der Waals surface area (Å²) in [6.07, 6.45) is 0. The Kier molecular flexibility index (Phi) is 4.59. The molecule has 6 nitrogen and oxygen atoms in total. The van der Waals surface area contributed by atoms with Gasteiger partial charge in [-0.25, -0.2) is 4.31 Å². The summed E-state index contributed by atoms with van der Waals surface area (Å²) < 4.78 is 7.17.